The van der Waals surface area contributed by atoms with Crippen LogP contribution in [0.3, 0.4) is 0 Å². The first kappa shape index (κ1) is 32.0. The van der Waals surface area contributed by atoms with Crippen LogP contribution < -0.4 is 5.73 Å². The summed E-state index contributed by atoms with van der Waals surface area (Å²) in [4.78, 5) is 0. The zero-order valence-corrected chi connectivity index (χ0v) is 23.8. The summed E-state index contributed by atoms with van der Waals surface area (Å²) in [6.45, 7) is 0.917. The molecule has 204 valence electrons. The maximum absolute atomic E-state index is 6.08. The molecule has 2 N–H and O–H groups in total. The molecule has 0 spiro atoms. The van der Waals surface area contributed by atoms with E-state index in [4.69, 9.17) is 5.73 Å². The molecular weight excluding hydrogens is 410 g/mol. The molecule has 0 saturated heterocycles. The molecule has 0 aliphatic heterocycles. The van der Waals surface area contributed by atoms with Gasteiger partial charge < -0.3 is 5.73 Å². The molecular formula is C33H67N. The Labute approximate surface area is 217 Å². The van der Waals surface area contributed by atoms with Crippen molar-refractivity contribution in [3.05, 3.63) is 0 Å². The highest BCUT2D eigenvalue weighted by Gasteiger charge is 2.06. The molecule has 1 heteroatoms. The van der Waals surface area contributed by atoms with Crippen LogP contribution in [0.5, 0.6) is 0 Å². The van der Waals surface area contributed by atoms with E-state index in [9.17, 15) is 0 Å². The molecule has 0 aromatic heterocycles. The van der Waals surface area contributed by atoms with Gasteiger partial charge >= 0.3 is 0 Å². The molecule has 0 amide bonds. The Morgan fingerprint density at radius 1 is 0.265 bits per heavy atom. The van der Waals surface area contributed by atoms with Gasteiger partial charge in [0.25, 0.3) is 0 Å². The molecule has 1 saturated carbocycles. The van der Waals surface area contributed by atoms with Crippen LogP contribution in [0.2, 0.25) is 0 Å². The highest BCUT2D eigenvalue weighted by molar-refractivity contribution is 4.61. The topological polar surface area (TPSA) is 26.0 Å². The summed E-state index contributed by atoms with van der Waals surface area (Å²) >= 11 is 0. The molecule has 0 heterocycles. The van der Waals surface area contributed by atoms with Crippen molar-refractivity contribution in [2.45, 2.75) is 199 Å². The Balaban J connectivity index is 2.10. The smallest absolute Gasteiger partial charge is 0.00489 e. The second kappa shape index (κ2) is 27.5. The van der Waals surface area contributed by atoms with Crippen molar-refractivity contribution in [3.63, 3.8) is 0 Å². The number of rotatable bonds is 1. The molecule has 0 atom stereocenters. The van der Waals surface area contributed by atoms with Crippen molar-refractivity contribution in [1.29, 1.82) is 0 Å². The van der Waals surface area contributed by atoms with Gasteiger partial charge in [0.05, 0.1) is 0 Å². The van der Waals surface area contributed by atoms with Gasteiger partial charge in [0, 0.05) is 0 Å². The normalized spacial score (nSPS) is 23.9. The molecule has 0 aromatic rings. The molecule has 0 radical (unpaired) electrons. The third-order valence-corrected chi connectivity index (χ3v) is 8.56. The average Bonchev–Trinajstić information content (AvgIpc) is 2.85. The predicted octanol–water partition coefficient (Wildman–Crippen LogP) is 11.7. The van der Waals surface area contributed by atoms with E-state index in [1.54, 1.807) is 0 Å². The van der Waals surface area contributed by atoms with Crippen LogP contribution in [0, 0.1) is 5.92 Å². The molecule has 1 fully saturated rings. The van der Waals surface area contributed by atoms with Crippen LogP contribution in [0.25, 0.3) is 0 Å². The number of hydrogen-bond donors (Lipinski definition) is 1. The van der Waals surface area contributed by atoms with Crippen molar-refractivity contribution >= 4 is 0 Å². The van der Waals surface area contributed by atoms with E-state index in [0.717, 1.165) is 12.5 Å². The zero-order chi connectivity index (χ0) is 24.2. The Bertz CT molecular complexity index is 334. The number of hydrogen-bond acceptors (Lipinski definition) is 1. The van der Waals surface area contributed by atoms with Gasteiger partial charge in [-0.3, -0.25) is 0 Å². The average molecular weight is 478 g/mol. The lowest BCUT2D eigenvalue weighted by Gasteiger charge is -2.14. The summed E-state index contributed by atoms with van der Waals surface area (Å²) in [5.74, 6) is 0.800. The molecule has 34 heavy (non-hydrogen) atoms. The first-order chi connectivity index (χ1) is 16.9. The Hall–Kier alpha value is -0.0400. The van der Waals surface area contributed by atoms with E-state index in [1.807, 2.05) is 0 Å². The van der Waals surface area contributed by atoms with Crippen molar-refractivity contribution < 1.29 is 0 Å². The van der Waals surface area contributed by atoms with Crippen LogP contribution in [-0.2, 0) is 0 Å². The van der Waals surface area contributed by atoms with E-state index in [-0.39, 0.29) is 0 Å². The fourth-order valence-electron chi connectivity index (χ4n) is 6.02. The van der Waals surface area contributed by atoms with E-state index in [0.29, 0.717) is 0 Å². The lowest BCUT2D eigenvalue weighted by Crippen LogP contribution is -2.14. The highest BCUT2D eigenvalue weighted by atomic mass is 14.5. The molecule has 0 unspecified atom stereocenters. The van der Waals surface area contributed by atoms with Gasteiger partial charge in [0.1, 0.15) is 0 Å². The maximum atomic E-state index is 6.08. The molecule has 1 nitrogen and oxygen atoms in total. The SMILES string of the molecule is NCC1CCCCCCCCCCCCCCCCCCCCCCCCCCCCCCC1. The lowest BCUT2D eigenvalue weighted by molar-refractivity contribution is 0.409. The minimum absolute atomic E-state index is 0.800. The van der Waals surface area contributed by atoms with Crippen LogP contribution in [0.4, 0.5) is 0 Å². The molecule has 1 rings (SSSR count). The summed E-state index contributed by atoms with van der Waals surface area (Å²) in [7, 11) is 0. The summed E-state index contributed by atoms with van der Waals surface area (Å²) in [6.07, 6.45) is 45.5. The monoisotopic (exact) mass is 478 g/mol. The standard InChI is InChI=1S/C33H67N/c34-32-33-30-28-26-24-22-20-18-16-14-12-10-8-6-4-2-1-3-5-7-9-11-13-15-17-19-21-23-25-27-29-31-33/h33H,1-32,34H2. The fraction of sp³-hybridized carbons (Fsp3) is 1.00. The Morgan fingerprint density at radius 2 is 0.412 bits per heavy atom. The minimum Gasteiger partial charge on any atom is -0.330 e. The highest BCUT2D eigenvalue weighted by Crippen LogP contribution is 2.20. The van der Waals surface area contributed by atoms with Crippen molar-refractivity contribution in [2.24, 2.45) is 11.7 Å². The van der Waals surface area contributed by atoms with Gasteiger partial charge in [0.15, 0.2) is 0 Å². The van der Waals surface area contributed by atoms with Crippen molar-refractivity contribution in [3.8, 4) is 0 Å². The minimum atomic E-state index is 0.800. The van der Waals surface area contributed by atoms with Gasteiger partial charge in [-0.2, -0.15) is 0 Å². The Kier molecular flexibility index (Phi) is 25.9. The van der Waals surface area contributed by atoms with E-state index in [1.165, 1.54) is 199 Å². The van der Waals surface area contributed by atoms with Crippen LogP contribution in [-0.4, -0.2) is 6.54 Å². The third kappa shape index (κ3) is 23.7. The van der Waals surface area contributed by atoms with Crippen molar-refractivity contribution in [1.82, 2.24) is 0 Å². The van der Waals surface area contributed by atoms with Gasteiger partial charge in [0.2, 0.25) is 0 Å². The van der Waals surface area contributed by atoms with Crippen LogP contribution in [0.15, 0.2) is 0 Å². The summed E-state index contributed by atoms with van der Waals surface area (Å²) < 4.78 is 0. The molecule has 0 bridgehead atoms. The number of nitrogens with two attached hydrogens (primary N) is 1. The fourth-order valence-corrected chi connectivity index (χ4v) is 6.02. The quantitative estimate of drug-likeness (QED) is 0.399. The third-order valence-electron chi connectivity index (χ3n) is 8.56. The largest absolute Gasteiger partial charge is 0.330 e. The second-order valence-electron chi connectivity index (χ2n) is 11.9. The van der Waals surface area contributed by atoms with Crippen LogP contribution >= 0.6 is 0 Å². The zero-order valence-electron chi connectivity index (χ0n) is 23.8. The maximum Gasteiger partial charge on any atom is -0.00489 e. The Morgan fingerprint density at radius 3 is 0.559 bits per heavy atom. The van der Waals surface area contributed by atoms with E-state index >= 15 is 0 Å². The molecule has 1 aliphatic carbocycles. The summed E-state index contributed by atoms with van der Waals surface area (Å²) in [6, 6.07) is 0. The van der Waals surface area contributed by atoms with Gasteiger partial charge in [-0.15, -0.1) is 0 Å². The van der Waals surface area contributed by atoms with Crippen molar-refractivity contribution in [2.75, 3.05) is 6.54 Å². The summed E-state index contributed by atoms with van der Waals surface area (Å²) in [5.41, 5.74) is 6.08. The second-order valence-corrected chi connectivity index (χ2v) is 11.9. The summed E-state index contributed by atoms with van der Waals surface area (Å²) in [5, 5.41) is 0. The van der Waals surface area contributed by atoms with E-state index in [2.05, 4.69) is 0 Å². The predicted molar refractivity (Wildman–Crippen MR) is 156 cm³/mol. The van der Waals surface area contributed by atoms with Crippen LogP contribution in [0.1, 0.15) is 199 Å². The van der Waals surface area contributed by atoms with E-state index < -0.39 is 0 Å². The van der Waals surface area contributed by atoms with Gasteiger partial charge in [-0.05, 0) is 25.3 Å². The van der Waals surface area contributed by atoms with Gasteiger partial charge in [-0.1, -0.05) is 186 Å². The first-order valence-corrected chi connectivity index (χ1v) is 16.6. The first-order valence-electron chi connectivity index (χ1n) is 16.6. The molecule has 0 aromatic carbocycles. The molecule has 1 aliphatic rings. The lowest BCUT2D eigenvalue weighted by atomic mass is 9.94. The van der Waals surface area contributed by atoms with Gasteiger partial charge in [-0.25, -0.2) is 0 Å².